The average molecular weight is 357 g/mol. The van der Waals surface area contributed by atoms with Gasteiger partial charge < -0.3 is 10.4 Å². The molecule has 0 aliphatic carbocycles. The molecule has 2 N–H and O–H groups in total. The van der Waals surface area contributed by atoms with Crippen molar-refractivity contribution in [3.05, 3.63) is 65.7 Å². The Kier molecular flexibility index (Phi) is 6.72. The van der Waals surface area contributed by atoms with E-state index in [1.54, 1.807) is 12.1 Å². The summed E-state index contributed by atoms with van der Waals surface area (Å²) >= 11 is 0. The van der Waals surface area contributed by atoms with Gasteiger partial charge in [0.05, 0.1) is 6.10 Å². The van der Waals surface area contributed by atoms with Crippen LogP contribution in [0.5, 0.6) is 0 Å². The maximum atomic E-state index is 12.9. The van der Waals surface area contributed by atoms with Gasteiger partial charge in [-0.3, -0.25) is 9.88 Å². The van der Waals surface area contributed by atoms with Crippen molar-refractivity contribution in [3.63, 3.8) is 0 Å². The van der Waals surface area contributed by atoms with Gasteiger partial charge in [0, 0.05) is 44.1 Å². The minimum absolute atomic E-state index is 0.242. The van der Waals surface area contributed by atoms with Crippen molar-refractivity contribution in [2.75, 3.05) is 19.6 Å². The number of hydrogen-bond donors (Lipinski definition) is 2. The SMILES string of the molecule is CC(c1ccncc1)N1CCC(NCC(O)Cc2ccc(F)cc2)CC1. The van der Waals surface area contributed by atoms with Gasteiger partial charge in [0.2, 0.25) is 0 Å². The zero-order valence-electron chi connectivity index (χ0n) is 15.3. The minimum atomic E-state index is -0.450. The summed E-state index contributed by atoms with van der Waals surface area (Å²) in [6.07, 6.45) is 5.96. The van der Waals surface area contributed by atoms with Gasteiger partial charge in [-0.05, 0) is 61.6 Å². The third-order valence-corrected chi connectivity index (χ3v) is 5.29. The second-order valence-corrected chi connectivity index (χ2v) is 7.16. The Balaban J connectivity index is 1.39. The zero-order valence-corrected chi connectivity index (χ0v) is 15.3. The fraction of sp³-hybridized carbons (Fsp3) is 0.476. The number of piperidine rings is 1. The highest BCUT2D eigenvalue weighted by Crippen LogP contribution is 2.23. The standard InChI is InChI=1S/C21H28FN3O/c1-16(18-6-10-23-11-7-18)25-12-8-20(9-13-25)24-15-21(26)14-17-2-4-19(22)5-3-17/h2-7,10-11,16,20-21,24,26H,8-9,12-15H2,1H3. The minimum Gasteiger partial charge on any atom is -0.391 e. The van der Waals surface area contributed by atoms with Gasteiger partial charge in [0.25, 0.3) is 0 Å². The Labute approximate surface area is 155 Å². The number of nitrogens with one attached hydrogen (secondary N) is 1. The van der Waals surface area contributed by atoms with Crippen molar-refractivity contribution in [1.29, 1.82) is 0 Å². The highest BCUT2D eigenvalue weighted by Gasteiger charge is 2.23. The number of aliphatic hydroxyl groups is 1. The summed E-state index contributed by atoms with van der Waals surface area (Å²) in [6, 6.07) is 11.4. The van der Waals surface area contributed by atoms with Gasteiger partial charge in [0.1, 0.15) is 5.82 Å². The van der Waals surface area contributed by atoms with Gasteiger partial charge in [-0.1, -0.05) is 12.1 Å². The lowest BCUT2D eigenvalue weighted by molar-refractivity contribution is 0.132. The number of hydrogen-bond acceptors (Lipinski definition) is 4. The number of halogens is 1. The van der Waals surface area contributed by atoms with Crippen molar-refractivity contribution < 1.29 is 9.50 Å². The second kappa shape index (κ2) is 9.21. The van der Waals surface area contributed by atoms with Crippen LogP contribution in [0, 0.1) is 5.82 Å². The van der Waals surface area contributed by atoms with Gasteiger partial charge in [-0.2, -0.15) is 0 Å². The van der Waals surface area contributed by atoms with Crippen LogP contribution in [0.4, 0.5) is 4.39 Å². The van der Waals surface area contributed by atoms with E-state index in [1.165, 1.54) is 17.7 Å². The molecule has 0 amide bonds. The van der Waals surface area contributed by atoms with Crippen LogP contribution in [-0.4, -0.2) is 46.8 Å². The summed E-state index contributed by atoms with van der Waals surface area (Å²) in [5.41, 5.74) is 2.27. The van der Waals surface area contributed by atoms with Crippen LogP contribution in [-0.2, 0) is 6.42 Å². The van der Waals surface area contributed by atoms with E-state index in [-0.39, 0.29) is 5.82 Å². The first-order chi connectivity index (χ1) is 12.6. The Morgan fingerprint density at radius 2 is 1.81 bits per heavy atom. The summed E-state index contributed by atoms with van der Waals surface area (Å²) in [4.78, 5) is 6.59. The third kappa shape index (κ3) is 5.34. The molecule has 4 nitrogen and oxygen atoms in total. The number of rotatable bonds is 7. The Morgan fingerprint density at radius 1 is 1.15 bits per heavy atom. The molecule has 2 unspecified atom stereocenters. The molecule has 1 fully saturated rings. The fourth-order valence-corrected chi connectivity index (χ4v) is 3.61. The average Bonchev–Trinajstić information content (AvgIpc) is 2.69. The van der Waals surface area contributed by atoms with E-state index < -0.39 is 6.10 Å². The summed E-state index contributed by atoms with van der Waals surface area (Å²) in [5, 5.41) is 13.7. The Bertz CT molecular complexity index is 657. The molecule has 2 heterocycles. The van der Waals surface area contributed by atoms with E-state index in [4.69, 9.17) is 0 Å². The lowest BCUT2D eigenvalue weighted by Crippen LogP contribution is -2.45. The maximum absolute atomic E-state index is 12.9. The molecule has 0 radical (unpaired) electrons. The largest absolute Gasteiger partial charge is 0.391 e. The van der Waals surface area contributed by atoms with Crippen LogP contribution in [0.1, 0.15) is 36.9 Å². The molecule has 1 aliphatic heterocycles. The molecule has 1 aliphatic rings. The molecule has 0 saturated carbocycles. The molecule has 0 spiro atoms. The molecule has 3 rings (SSSR count). The lowest BCUT2D eigenvalue weighted by Gasteiger charge is -2.36. The first-order valence-electron chi connectivity index (χ1n) is 9.41. The molecule has 2 atom stereocenters. The predicted octanol–water partition coefficient (Wildman–Crippen LogP) is 2.94. The molecular formula is C21H28FN3O. The van der Waals surface area contributed by atoms with Crippen molar-refractivity contribution in [2.24, 2.45) is 0 Å². The number of nitrogens with zero attached hydrogens (tertiary/aromatic N) is 2. The topological polar surface area (TPSA) is 48.4 Å². The Morgan fingerprint density at radius 3 is 2.46 bits per heavy atom. The van der Waals surface area contributed by atoms with E-state index in [9.17, 15) is 9.50 Å². The first kappa shape index (κ1) is 19.0. The van der Waals surface area contributed by atoms with E-state index in [0.29, 0.717) is 25.0 Å². The summed E-state index contributed by atoms with van der Waals surface area (Å²) < 4.78 is 12.9. The number of aliphatic hydroxyl groups excluding tert-OH is 1. The number of aromatic nitrogens is 1. The van der Waals surface area contributed by atoms with E-state index in [0.717, 1.165) is 31.5 Å². The smallest absolute Gasteiger partial charge is 0.123 e. The van der Waals surface area contributed by atoms with E-state index >= 15 is 0 Å². The maximum Gasteiger partial charge on any atom is 0.123 e. The van der Waals surface area contributed by atoms with Crippen LogP contribution >= 0.6 is 0 Å². The molecule has 26 heavy (non-hydrogen) atoms. The van der Waals surface area contributed by atoms with Crippen LogP contribution in [0.2, 0.25) is 0 Å². The van der Waals surface area contributed by atoms with Crippen molar-refractivity contribution in [1.82, 2.24) is 15.2 Å². The van der Waals surface area contributed by atoms with Gasteiger partial charge in [0.15, 0.2) is 0 Å². The quantitative estimate of drug-likeness (QED) is 0.800. The molecule has 2 aromatic rings. The van der Waals surface area contributed by atoms with Gasteiger partial charge in [-0.25, -0.2) is 4.39 Å². The molecule has 1 aromatic carbocycles. The van der Waals surface area contributed by atoms with Crippen LogP contribution in [0.3, 0.4) is 0 Å². The summed E-state index contributed by atoms with van der Waals surface area (Å²) in [6.45, 7) is 4.92. The van der Waals surface area contributed by atoms with Crippen molar-refractivity contribution in [2.45, 2.75) is 44.4 Å². The van der Waals surface area contributed by atoms with Gasteiger partial charge >= 0.3 is 0 Å². The molecule has 1 aromatic heterocycles. The first-order valence-corrected chi connectivity index (χ1v) is 9.41. The highest BCUT2D eigenvalue weighted by molar-refractivity contribution is 5.17. The number of likely N-dealkylation sites (tertiary alicyclic amines) is 1. The monoisotopic (exact) mass is 357 g/mol. The highest BCUT2D eigenvalue weighted by atomic mass is 19.1. The van der Waals surface area contributed by atoms with Crippen LogP contribution in [0.15, 0.2) is 48.8 Å². The molecule has 140 valence electrons. The summed E-state index contributed by atoms with van der Waals surface area (Å²) in [7, 11) is 0. The second-order valence-electron chi connectivity index (χ2n) is 7.16. The van der Waals surface area contributed by atoms with Crippen molar-refractivity contribution in [3.8, 4) is 0 Å². The number of benzene rings is 1. The Hall–Kier alpha value is -1.82. The fourth-order valence-electron chi connectivity index (χ4n) is 3.61. The molecule has 5 heteroatoms. The zero-order chi connectivity index (χ0) is 18.4. The molecule has 0 bridgehead atoms. The normalized spacial score (nSPS) is 18.6. The predicted molar refractivity (Wildman–Crippen MR) is 101 cm³/mol. The lowest BCUT2D eigenvalue weighted by atomic mass is 10.00. The van der Waals surface area contributed by atoms with Gasteiger partial charge in [-0.15, -0.1) is 0 Å². The third-order valence-electron chi connectivity index (χ3n) is 5.29. The van der Waals surface area contributed by atoms with Crippen LogP contribution < -0.4 is 5.32 Å². The van der Waals surface area contributed by atoms with E-state index in [2.05, 4.69) is 34.3 Å². The number of pyridine rings is 1. The summed E-state index contributed by atoms with van der Waals surface area (Å²) in [5.74, 6) is -0.242. The van der Waals surface area contributed by atoms with Crippen LogP contribution in [0.25, 0.3) is 0 Å². The molecular weight excluding hydrogens is 329 g/mol. The van der Waals surface area contributed by atoms with E-state index in [1.807, 2.05) is 12.4 Å². The van der Waals surface area contributed by atoms with Crippen molar-refractivity contribution >= 4 is 0 Å². The molecule has 1 saturated heterocycles.